The Kier molecular flexibility index (Phi) is 4.63. The van der Waals surface area contributed by atoms with Crippen molar-refractivity contribution in [1.29, 1.82) is 0 Å². The molecule has 0 radical (unpaired) electrons. The van der Waals surface area contributed by atoms with Crippen LogP contribution in [-0.4, -0.2) is 29.6 Å². The Morgan fingerprint density at radius 3 is 2.56 bits per heavy atom. The van der Waals surface area contributed by atoms with Crippen LogP contribution in [0.15, 0.2) is 6.07 Å². The van der Waals surface area contributed by atoms with Gasteiger partial charge in [0.15, 0.2) is 0 Å². The lowest BCUT2D eigenvalue weighted by molar-refractivity contribution is 0.215. The topological polar surface area (TPSA) is 100 Å². The Labute approximate surface area is 148 Å². The summed E-state index contributed by atoms with van der Waals surface area (Å²) in [6, 6.07) is 2.38. The van der Waals surface area contributed by atoms with E-state index >= 15 is 0 Å². The molecule has 0 spiro atoms. The van der Waals surface area contributed by atoms with Crippen LogP contribution in [0.4, 0.5) is 0 Å². The first kappa shape index (κ1) is 18.3. The van der Waals surface area contributed by atoms with Gasteiger partial charge in [0.2, 0.25) is 0 Å². The molecule has 1 aliphatic carbocycles. The van der Waals surface area contributed by atoms with Crippen molar-refractivity contribution in [2.24, 2.45) is 22.9 Å². The predicted molar refractivity (Wildman–Crippen MR) is 96.3 cm³/mol. The summed E-state index contributed by atoms with van der Waals surface area (Å²) in [5.41, 5.74) is 3.09. The molecule has 4 atom stereocenters. The molecule has 2 heterocycles. The highest BCUT2D eigenvalue weighted by atomic mass is 32.2. The number of rotatable bonds is 4. The summed E-state index contributed by atoms with van der Waals surface area (Å²) in [6.45, 7) is 10.5. The zero-order valence-corrected chi connectivity index (χ0v) is 16.2. The van der Waals surface area contributed by atoms with E-state index < -0.39 is 10.3 Å². The van der Waals surface area contributed by atoms with Gasteiger partial charge in [-0.1, -0.05) is 13.8 Å². The SMILES string of the molecule is Cc1nc(C)c2cc(C)n([C@@H]3C[C@@H](COS(N)(=O)=O)C(C)C3C)c2n1. The van der Waals surface area contributed by atoms with E-state index in [2.05, 4.69) is 41.4 Å². The molecule has 0 saturated heterocycles. The van der Waals surface area contributed by atoms with Crippen molar-refractivity contribution >= 4 is 21.3 Å². The van der Waals surface area contributed by atoms with Gasteiger partial charge in [-0.25, -0.2) is 15.1 Å². The van der Waals surface area contributed by atoms with Gasteiger partial charge in [0.05, 0.1) is 12.3 Å². The van der Waals surface area contributed by atoms with E-state index in [0.717, 1.165) is 34.7 Å². The Morgan fingerprint density at radius 2 is 1.92 bits per heavy atom. The molecule has 0 aromatic carbocycles. The molecule has 0 bridgehead atoms. The third kappa shape index (κ3) is 3.43. The molecule has 25 heavy (non-hydrogen) atoms. The van der Waals surface area contributed by atoms with Gasteiger partial charge in [0.1, 0.15) is 11.5 Å². The zero-order chi connectivity index (χ0) is 18.5. The van der Waals surface area contributed by atoms with Gasteiger partial charge in [-0.05, 0) is 51.0 Å². The first-order valence-corrected chi connectivity index (χ1v) is 10.1. The maximum absolute atomic E-state index is 11.1. The maximum Gasteiger partial charge on any atom is 0.333 e. The predicted octanol–water partition coefficient (Wildman–Crippen LogP) is 2.41. The van der Waals surface area contributed by atoms with Crippen molar-refractivity contribution in [2.45, 2.75) is 47.1 Å². The van der Waals surface area contributed by atoms with E-state index in [4.69, 9.17) is 9.32 Å². The second kappa shape index (κ2) is 6.34. The fourth-order valence-electron chi connectivity index (χ4n) is 4.18. The highest BCUT2D eigenvalue weighted by molar-refractivity contribution is 7.84. The van der Waals surface area contributed by atoms with Crippen molar-refractivity contribution in [3.8, 4) is 0 Å². The van der Waals surface area contributed by atoms with E-state index in [-0.39, 0.29) is 18.6 Å². The van der Waals surface area contributed by atoms with Gasteiger partial charge in [0.25, 0.3) is 0 Å². The van der Waals surface area contributed by atoms with Crippen LogP contribution in [0.1, 0.15) is 43.5 Å². The summed E-state index contributed by atoms with van der Waals surface area (Å²) in [5.74, 6) is 1.60. The average Bonchev–Trinajstić information content (AvgIpc) is 2.95. The second-order valence-corrected chi connectivity index (χ2v) is 8.53. The third-order valence-electron chi connectivity index (χ3n) is 5.69. The number of hydrogen-bond donors (Lipinski definition) is 1. The van der Waals surface area contributed by atoms with Crippen molar-refractivity contribution < 1.29 is 12.6 Å². The second-order valence-electron chi connectivity index (χ2n) is 7.31. The van der Waals surface area contributed by atoms with Gasteiger partial charge < -0.3 is 4.57 Å². The summed E-state index contributed by atoms with van der Waals surface area (Å²) >= 11 is 0. The van der Waals surface area contributed by atoms with Gasteiger partial charge in [-0.3, -0.25) is 4.18 Å². The first-order valence-electron chi connectivity index (χ1n) is 8.58. The number of fused-ring (bicyclic) bond motifs is 1. The molecule has 7 nitrogen and oxygen atoms in total. The third-order valence-corrected chi connectivity index (χ3v) is 6.16. The molecule has 3 rings (SSSR count). The summed E-state index contributed by atoms with van der Waals surface area (Å²) in [4.78, 5) is 9.14. The fraction of sp³-hybridized carbons (Fsp3) is 0.647. The number of aryl methyl sites for hydroxylation is 3. The fourth-order valence-corrected chi connectivity index (χ4v) is 4.55. The number of nitrogens with zero attached hydrogens (tertiary/aromatic N) is 3. The lowest BCUT2D eigenvalue weighted by Gasteiger charge is -2.22. The summed E-state index contributed by atoms with van der Waals surface area (Å²) < 4.78 is 29.4. The lowest BCUT2D eigenvalue weighted by atomic mass is 9.92. The van der Waals surface area contributed by atoms with Crippen molar-refractivity contribution in [3.05, 3.63) is 23.3 Å². The lowest BCUT2D eigenvalue weighted by Crippen LogP contribution is -2.22. The van der Waals surface area contributed by atoms with E-state index in [9.17, 15) is 8.42 Å². The Bertz CT molecular complexity index is 906. The van der Waals surface area contributed by atoms with E-state index in [0.29, 0.717) is 11.8 Å². The highest BCUT2D eigenvalue weighted by Crippen LogP contribution is 2.46. The van der Waals surface area contributed by atoms with Gasteiger partial charge in [-0.15, -0.1) is 0 Å². The number of aromatic nitrogens is 3. The van der Waals surface area contributed by atoms with Crippen molar-refractivity contribution in [3.63, 3.8) is 0 Å². The van der Waals surface area contributed by atoms with Crippen molar-refractivity contribution in [2.75, 3.05) is 6.61 Å². The van der Waals surface area contributed by atoms with E-state index in [1.54, 1.807) is 0 Å². The minimum atomic E-state index is -3.91. The molecule has 1 aliphatic rings. The summed E-state index contributed by atoms with van der Waals surface area (Å²) in [6.07, 6.45) is 0.838. The molecular weight excluding hydrogens is 340 g/mol. The minimum absolute atomic E-state index is 0.131. The molecule has 8 heteroatoms. The maximum atomic E-state index is 11.1. The van der Waals surface area contributed by atoms with Crippen molar-refractivity contribution in [1.82, 2.24) is 14.5 Å². The minimum Gasteiger partial charge on any atom is -0.326 e. The number of nitrogens with two attached hydrogens (primary N) is 1. The molecule has 138 valence electrons. The molecule has 0 amide bonds. The average molecular weight is 366 g/mol. The summed E-state index contributed by atoms with van der Waals surface area (Å²) in [7, 11) is -3.91. The van der Waals surface area contributed by atoms with Gasteiger partial charge >= 0.3 is 10.3 Å². The quantitative estimate of drug-likeness (QED) is 0.895. The van der Waals surface area contributed by atoms with Crippen LogP contribution in [0.3, 0.4) is 0 Å². The molecule has 1 saturated carbocycles. The van der Waals surface area contributed by atoms with Crippen LogP contribution in [0, 0.1) is 38.5 Å². The van der Waals surface area contributed by atoms with Crippen LogP contribution in [0.5, 0.6) is 0 Å². The normalized spacial score (nSPS) is 27.3. The molecule has 2 unspecified atom stereocenters. The largest absolute Gasteiger partial charge is 0.333 e. The molecular formula is C17H26N4O3S. The van der Waals surface area contributed by atoms with Crippen LogP contribution >= 0.6 is 0 Å². The zero-order valence-electron chi connectivity index (χ0n) is 15.4. The Morgan fingerprint density at radius 1 is 1.24 bits per heavy atom. The van der Waals surface area contributed by atoms with Crippen LogP contribution in [0.25, 0.3) is 11.0 Å². The molecule has 2 N–H and O–H groups in total. The van der Waals surface area contributed by atoms with Crippen LogP contribution < -0.4 is 5.14 Å². The van der Waals surface area contributed by atoms with Gasteiger partial charge in [0, 0.05) is 17.1 Å². The monoisotopic (exact) mass is 366 g/mol. The smallest absolute Gasteiger partial charge is 0.326 e. The molecule has 0 aliphatic heterocycles. The standard InChI is InChI=1S/C17H26N4O3S/c1-9-6-15-12(4)19-13(5)20-17(15)21(9)16-7-14(10(2)11(16)3)8-24-25(18,22)23/h6,10-11,14,16H,7-8H2,1-5H3,(H2,18,22,23)/t10?,11?,14-,16+/m0/s1. The molecule has 2 aromatic rings. The van der Waals surface area contributed by atoms with Crippen LogP contribution in [-0.2, 0) is 14.5 Å². The van der Waals surface area contributed by atoms with E-state index in [1.807, 2.05) is 13.8 Å². The molecule has 1 fully saturated rings. The summed E-state index contributed by atoms with van der Waals surface area (Å²) in [5, 5.41) is 6.06. The van der Waals surface area contributed by atoms with Crippen LogP contribution in [0.2, 0.25) is 0 Å². The van der Waals surface area contributed by atoms with E-state index in [1.165, 1.54) is 0 Å². The Hall–Kier alpha value is -1.51. The highest BCUT2D eigenvalue weighted by Gasteiger charge is 2.40. The molecule has 2 aromatic heterocycles. The Balaban J connectivity index is 1.97. The first-order chi connectivity index (χ1) is 11.6. The number of hydrogen-bond acceptors (Lipinski definition) is 5. The van der Waals surface area contributed by atoms with Gasteiger partial charge in [-0.2, -0.15) is 8.42 Å².